The molecule has 1 aromatic carbocycles. The van der Waals surface area contributed by atoms with Gasteiger partial charge in [-0.15, -0.1) is 0 Å². The number of benzene rings is 1. The molecular formula is C21H26N6O2. The van der Waals surface area contributed by atoms with E-state index in [1.54, 1.807) is 9.58 Å². The van der Waals surface area contributed by atoms with E-state index in [0.717, 1.165) is 17.1 Å². The summed E-state index contributed by atoms with van der Waals surface area (Å²) in [5, 5.41) is 11.5. The zero-order chi connectivity index (χ0) is 20.5. The lowest BCUT2D eigenvalue weighted by molar-refractivity contribution is 0.0435. The molecule has 0 radical (unpaired) electrons. The number of rotatable bonds is 5. The van der Waals surface area contributed by atoms with E-state index in [4.69, 9.17) is 4.74 Å². The number of amides is 1. The zero-order valence-electron chi connectivity index (χ0n) is 17.2. The van der Waals surface area contributed by atoms with Crippen molar-refractivity contribution in [3.8, 4) is 0 Å². The highest BCUT2D eigenvalue weighted by Crippen LogP contribution is 2.33. The number of H-pyrrole nitrogens is 1. The molecule has 152 valence electrons. The van der Waals surface area contributed by atoms with Crippen molar-refractivity contribution >= 4 is 5.91 Å². The maximum Gasteiger partial charge on any atom is 0.275 e. The number of carbonyl (C=O) groups excluding carboxylic acids is 1. The Labute approximate surface area is 169 Å². The number of aromatic amines is 1. The van der Waals surface area contributed by atoms with Crippen molar-refractivity contribution in [3.05, 3.63) is 64.5 Å². The Morgan fingerprint density at radius 1 is 1.28 bits per heavy atom. The van der Waals surface area contributed by atoms with E-state index >= 15 is 0 Å². The van der Waals surface area contributed by atoms with Crippen LogP contribution in [0.25, 0.3) is 0 Å². The Hall–Kier alpha value is -3.00. The molecule has 0 spiro atoms. The van der Waals surface area contributed by atoms with Crippen LogP contribution < -0.4 is 0 Å². The van der Waals surface area contributed by atoms with Crippen LogP contribution in [0.5, 0.6) is 0 Å². The van der Waals surface area contributed by atoms with Crippen LogP contribution in [0, 0.1) is 20.8 Å². The number of aromatic nitrogens is 5. The Kier molecular flexibility index (Phi) is 5.19. The lowest BCUT2D eigenvalue weighted by atomic mass is 10.1. The third-order valence-corrected chi connectivity index (χ3v) is 5.34. The fourth-order valence-electron chi connectivity index (χ4n) is 3.72. The van der Waals surface area contributed by atoms with Crippen molar-refractivity contribution in [3.63, 3.8) is 0 Å². The van der Waals surface area contributed by atoms with Gasteiger partial charge in [0.1, 0.15) is 5.82 Å². The Morgan fingerprint density at radius 2 is 2.10 bits per heavy atom. The molecule has 8 heteroatoms. The van der Waals surface area contributed by atoms with Crippen LogP contribution >= 0.6 is 0 Å². The van der Waals surface area contributed by atoms with Gasteiger partial charge in [-0.1, -0.05) is 29.8 Å². The number of carbonyl (C=O) groups is 1. The number of aryl methyl sites for hydroxylation is 4. The number of hydrogen-bond donors (Lipinski definition) is 1. The van der Waals surface area contributed by atoms with E-state index < -0.39 is 0 Å². The van der Waals surface area contributed by atoms with Gasteiger partial charge in [-0.25, -0.2) is 4.98 Å². The van der Waals surface area contributed by atoms with Crippen LogP contribution in [0.3, 0.4) is 0 Å². The molecule has 1 fully saturated rings. The normalized spacial score (nSPS) is 19.1. The van der Waals surface area contributed by atoms with Gasteiger partial charge < -0.3 is 9.64 Å². The van der Waals surface area contributed by atoms with Crippen molar-refractivity contribution in [1.29, 1.82) is 0 Å². The minimum Gasteiger partial charge on any atom is -0.372 e. The summed E-state index contributed by atoms with van der Waals surface area (Å²) in [6, 6.07) is 9.83. The first-order valence-electron chi connectivity index (χ1n) is 9.78. The highest BCUT2D eigenvalue weighted by molar-refractivity contribution is 5.93. The Bertz CT molecular complexity index is 1000. The molecule has 3 heterocycles. The first-order valence-corrected chi connectivity index (χ1v) is 9.78. The molecular weight excluding hydrogens is 368 g/mol. The van der Waals surface area contributed by atoms with Gasteiger partial charge in [-0.3, -0.25) is 14.6 Å². The predicted octanol–water partition coefficient (Wildman–Crippen LogP) is 2.64. The first kappa shape index (κ1) is 19.3. The van der Waals surface area contributed by atoms with Crippen LogP contribution in [0.15, 0.2) is 30.3 Å². The average Bonchev–Trinajstić information content (AvgIpc) is 3.39. The molecule has 0 aliphatic carbocycles. The third-order valence-electron chi connectivity index (χ3n) is 5.34. The second-order valence-electron chi connectivity index (χ2n) is 7.70. The zero-order valence-corrected chi connectivity index (χ0v) is 17.2. The van der Waals surface area contributed by atoms with Crippen molar-refractivity contribution in [2.75, 3.05) is 6.54 Å². The van der Waals surface area contributed by atoms with Crippen LogP contribution in [-0.2, 0) is 18.4 Å². The monoisotopic (exact) mass is 394 g/mol. The summed E-state index contributed by atoms with van der Waals surface area (Å²) >= 11 is 0. The minimum absolute atomic E-state index is 0.0897. The molecule has 0 saturated carbocycles. The lowest BCUT2D eigenvalue weighted by Gasteiger charge is -2.21. The fraction of sp³-hybridized carbons (Fsp3) is 0.429. The van der Waals surface area contributed by atoms with E-state index in [1.807, 2.05) is 33.0 Å². The summed E-state index contributed by atoms with van der Waals surface area (Å²) < 4.78 is 7.87. The SMILES string of the molecule is Cc1cccc(CO[C@H]2C[C@@H](c3n[nH]c(C)n3)N(C(=O)c3cc(C)n(C)n3)C2)c1. The van der Waals surface area contributed by atoms with E-state index in [1.165, 1.54) is 5.56 Å². The van der Waals surface area contributed by atoms with Crippen LogP contribution in [0.2, 0.25) is 0 Å². The van der Waals surface area contributed by atoms with E-state index in [0.29, 0.717) is 31.1 Å². The smallest absolute Gasteiger partial charge is 0.275 e. The van der Waals surface area contributed by atoms with Crippen LogP contribution in [0.4, 0.5) is 0 Å². The van der Waals surface area contributed by atoms with E-state index in [-0.39, 0.29) is 18.1 Å². The quantitative estimate of drug-likeness (QED) is 0.719. The molecule has 2 atom stereocenters. The molecule has 1 N–H and O–H groups in total. The minimum atomic E-state index is -0.239. The molecule has 8 nitrogen and oxygen atoms in total. The highest BCUT2D eigenvalue weighted by Gasteiger charge is 2.40. The number of nitrogens with one attached hydrogen (secondary N) is 1. The number of hydrogen-bond acceptors (Lipinski definition) is 5. The molecule has 1 saturated heterocycles. The van der Waals surface area contributed by atoms with Gasteiger partial charge in [-0.05, 0) is 32.4 Å². The molecule has 3 aromatic rings. The van der Waals surface area contributed by atoms with Gasteiger partial charge in [0.15, 0.2) is 11.5 Å². The molecule has 29 heavy (non-hydrogen) atoms. The van der Waals surface area contributed by atoms with Crippen molar-refractivity contribution in [2.45, 2.75) is 45.9 Å². The van der Waals surface area contributed by atoms with Gasteiger partial charge in [0.05, 0.1) is 18.8 Å². The maximum absolute atomic E-state index is 13.2. The number of ether oxygens (including phenoxy) is 1. The van der Waals surface area contributed by atoms with Gasteiger partial charge in [-0.2, -0.15) is 10.2 Å². The molecule has 0 bridgehead atoms. The van der Waals surface area contributed by atoms with Crippen LogP contribution in [-0.4, -0.2) is 48.4 Å². The van der Waals surface area contributed by atoms with Crippen molar-refractivity contribution in [1.82, 2.24) is 29.9 Å². The second kappa shape index (κ2) is 7.79. The summed E-state index contributed by atoms with van der Waals surface area (Å²) in [5.74, 6) is 1.22. The summed E-state index contributed by atoms with van der Waals surface area (Å²) in [5.41, 5.74) is 3.70. The largest absolute Gasteiger partial charge is 0.372 e. The predicted molar refractivity (Wildman–Crippen MR) is 107 cm³/mol. The van der Waals surface area contributed by atoms with Gasteiger partial charge in [0, 0.05) is 25.7 Å². The molecule has 1 aliphatic rings. The third kappa shape index (κ3) is 4.07. The fourth-order valence-corrected chi connectivity index (χ4v) is 3.72. The van der Waals surface area contributed by atoms with Crippen molar-refractivity contribution < 1.29 is 9.53 Å². The summed E-state index contributed by atoms with van der Waals surface area (Å²) in [4.78, 5) is 19.4. The van der Waals surface area contributed by atoms with Gasteiger partial charge >= 0.3 is 0 Å². The lowest BCUT2D eigenvalue weighted by Crippen LogP contribution is -2.33. The summed E-state index contributed by atoms with van der Waals surface area (Å²) in [7, 11) is 1.83. The van der Waals surface area contributed by atoms with Crippen molar-refractivity contribution in [2.24, 2.45) is 7.05 Å². The summed E-state index contributed by atoms with van der Waals surface area (Å²) in [6.45, 7) is 6.84. The second-order valence-corrected chi connectivity index (χ2v) is 7.70. The first-order chi connectivity index (χ1) is 13.9. The van der Waals surface area contributed by atoms with Crippen LogP contribution in [0.1, 0.15) is 51.4 Å². The summed E-state index contributed by atoms with van der Waals surface area (Å²) in [6.07, 6.45) is 0.564. The molecule has 0 unspecified atom stereocenters. The Balaban J connectivity index is 1.53. The molecule has 4 rings (SSSR count). The average molecular weight is 394 g/mol. The molecule has 2 aromatic heterocycles. The van der Waals surface area contributed by atoms with E-state index in [9.17, 15) is 4.79 Å². The topological polar surface area (TPSA) is 88.9 Å². The molecule has 1 amide bonds. The van der Waals surface area contributed by atoms with Gasteiger partial charge in [0.2, 0.25) is 0 Å². The maximum atomic E-state index is 13.2. The standard InChI is InChI=1S/C21H26N6O2/c1-13-6-5-7-16(8-13)12-29-17-10-19(20-22-15(3)23-24-20)27(11-17)21(28)18-9-14(2)26(4)25-18/h5-9,17,19H,10-12H2,1-4H3,(H,22,23,24)/t17-,19-/m0/s1. The number of likely N-dealkylation sites (tertiary alicyclic amines) is 1. The van der Waals surface area contributed by atoms with E-state index in [2.05, 4.69) is 45.4 Å². The van der Waals surface area contributed by atoms with Gasteiger partial charge in [0.25, 0.3) is 5.91 Å². The number of nitrogens with zero attached hydrogens (tertiary/aromatic N) is 5. The Morgan fingerprint density at radius 3 is 2.76 bits per heavy atom. The molecule has 1 aliphatic heterocycles. The highest BCUT2D eigenvalue weighted by atomic mass is 16.5.